The van der Waals surface area contributed by atoms with Gasteiger partial charge in [-0.1, -0.05) is 0 Å². The molecule has 48 valence electrons. The van der Waals surface area contributed by atoms with Gasteiger partial charge < -0.3 is 9.64 Å². The standard InChI is InChI=1S/C6H13NO/c1-6-5-7(2)3-4-8-6/h6H,3-5H2,1-2H3/t6-/m0/s1. The first kappa shape index (κ1) is 6.05. The molecule has 0 amide bonds. The van der Waals surface area contributed by atoms with E-state index in [1.165, 1.54) is 0 Å². The third-order valence-corrected chi connectivity index (χ3v) is 1.44. The molecule has 0 bridgehead atoms. The Morgan fingerprint density at radius 1 is 1.62 bits per heavy atom. The van der Waals surface area contributed by atoms with Crippen LogP contribution in [0.25, 0.3) is 0 Å². The van der Waals surface area contributed by atoms with Gasteiger partial charge in [0.2, 0.25) is 0 Å². The van der Waals surface area contributed by atoms with E-state index in [2.05, 4.69) is 18.9 Å². The van der Waals surface area contributed by atoms with Crippen molar-refractivity contribution in [3.05, 3.63) is 0 Å². The van der Waals surface area contributed by atoms with Crippen molar-refractivity contribution in [3.63, 3.8) is 0 Å². The minimum absolute atomic E-state index is 0.439. The summed E-state index contributed by atoms with van der Waals surface area (Å²) in [6, 6.07) is 0. The van der Waals surface area contributed by atoms with Gasteiger partial charge in [0.15, 0.2) is 0 Å². The van der Waals surface area contributed by atoms with E-state index in [1.54, 1.807) is 0 Å². The van der Waals surface area contributed by atoms with E-state index < -0.39 is 0 Å². The summed E-state index contributed by atoms with van der Waals surface area (Å²) in [6.07, 6.45) is 0.439. The highest BCUT2D eigenvalue weighted by molar-refractivity contribution is 4.62. The summed E-state index contributed by atoms with van der Waals surface area (Å²) >= 11 is 0. The molecule has 1 rings (SSSR count). The second kappa shape index (κ2) is 2.46. The molecule has 0 N–H and O–H groups in total. The average Bonchev–Trinajstić information content (AvgIpc) is 1.64. The maximum atomic E-state index is 5.31. The fourth-order valence-electron chi connectivity index (χ4n) is 0.993. The molecule has 1 heterocycles. The summed E-state index contributed by atoms with van der Waals surface area (Å²) in [6.45, 7) is 5.18. The molecule has 1 fully saturated rings. The second-order valence-corrected chi connectivity index (χ2v) is 2.44. The van der Waals surface area contributed by atoms with Gasteiger partial charge in [0.1, 0.15) is 0 Å². The molecule has 0 unspecified atom stereocenters. The van der Waals surface area contributed by atoms with Crippen LogP contribution in [0.1, 0.15) is 6.92 Å². The molecule has 1 aliphatic heterocycles. The number of hydrogen-bond donors (Lipinski definition) is 0. The first-order valence-corrected chi connectivity index (χ1v) is 3.09. The highest BCUT2D eigenvalue weighted by Gasteiger charge is 2.11. The van der Waals surface area contributed by atoms with E-state index in [4.69, 9.17) is 4.74 Å². The molecular weight excluding hydrogens is 102 g/mol. The monoisotopic (exact) mass is 115 g/mol. The van der Waals surface area contributed by atoms with Gasteiger partial charge in [-0.15, -0.1) is 0 Å². The molecule has 0 aromatic carbocycles. The van der Waals surface area contributed by atoms with Crippen LogP contribution in [0.4, 0.5) is 0 Å². The largest absolute Gasteiger partial charge is 0.376 e. The number of rotatable bonds is 0. The van der Waals surface area contributed by atoms with E-state index in [9.17, 15) is 0 Å². The first-order chi connectivity index (χ1) is 3.79. The molecule has 0 spiro atoms. The van der Waals surface area contributed by atoms with Gasteiger partial charge in [0.25, 0.3) is 0 Å². The van der Waals surface area contributed by atoms with E-state index in [0.717, 1.165) is 19.7 Å². The van der Waals surface area contributed by atoms with Crippen molar-refractivity contribution in [1.29, 1.82) is 0 Å². The molecule has 0 radical (unpaired) electrons. The molecule has 1 atom stereocenters. The Morgan fingerprint density at radius 2 is 2.38 bits per heavy atom. The minimum Gasteiger partial charge on any atom is -0.376 e. The van der Waals surface area contributed by atoms with Gasteiger partial charge in [-0.2, -0.15) is 0 Å². The minimum atomic E-state index is 0.439. The van der Waals surface area contributed by atoms with Gasteiger partial charge in [0.05, 0.1) is 12.7 Å². The molecule has 1 aliphatic rings. The lowest BCUT2D eigenvalue weighted by Gasteiger charge is -2.27. The number of nitrogens with zero attached hydrogens (tertiary/aromatic N) is 1. The van der Waals surface area contributed by atoms with Gasteiger partial charge in [-0.25, -0.2) is 0 Å². The van der Waals surface area contributed by atoms with Gasteiger partial charge in [0, 0.05) is 13.1 Å². The fourth-order valence-corrected chi connectivity index (χ4v) is 0.993. The predicted molar refractivity (Wildman–Crippen MR) is 32.9 cm³/mol. The molecular formula is C6H13NO. The number of hydrogen-bond acceptors (Lipinski definition) is 2. The second-order valence-electron chi connectivity index (χ2n) is 2.44. The molecule has 0 aromatic heterocycles. The molecule has 0 aliphatic carbocycles. The zero-order valence-electron chi connectivity index (χ0n) is 5.55. The Morgan fingerprint density at radius 3 is 2.75 bits per heavy atom. The third-order valence-electron chi connectivity index (χ3n) is 1.44. The molecule has 0 saturated carbocycles. The summed E-state index contributed by atoms with van der Waals surface area (Å²) in [4.78, 5) is 2.29. The van der Waals surface area contributed by atoms with E-state index in [0.29, 0.717) is 6.10 Å². The Balaban J connectivity index is 2.23. The summed E-state index contributed by atoms with van der Waals surface area (Å²) in [5, 5.41) is 0. The van der Waals surface area contributed by atoms with Crippen molar-refractivity contribution in [1.82, 2.24) is 4.90 Å². The van der Waals surface area contributed by atoms with Gasteiger partial charge in [-0.3, -0.25) is 0 Å². The topological polar surface area (TPSA) is 12.5 Å². The first-order valence-electron chi connectivity index (χ1n) is 3.09. The average molecular weight is 115 g/mol. The highest BCUT2D eigenvalue weighted by atomic mass is 16.5. The normalized spacial score (nSPS) is 33.0. The molecule has 1 saturated heterocycles. The summed E-state index contributed by atoms with van der Waals surface area (Å²) in [7, 11) is 2.12. The predicted octanol–water partition coefficient (Wildman–Crippen LogP) is 0.337. The van der Waals surface area contributed by atoms with Crippen molar-refractivity contribution < 1.29 is 4.74 Å². The number of likely N-dealkylation sites (N-methyl/N-ethyl adjacent to an activating group) is 1. The Labute approximate surface area is 50.4 Å². The van der Waals surface area contributed by atoms with Gasteiger partial charge >= 0.3 is 0 Å². The Hall–Kier alpha value is -0.0800. The lowest BCUT2D eigenvalue weighted by molar-refractivity contribution is -0.00861. The van der Waals surface area contributed by atoms with Gasteiger partial charge in [-0.05, 0) is 14.0 Å². The van der Waals surface area contributed by atoms with Crippen LogP contribution in [0.5, 0.6) is 0 Å². The van der Waals surface area contributed by atoms with Crippen LogP contribution in [0.3, 0.4) is 0 Å². The van der Waals surface area contributed by atoms with Crippen LogP contribution in [0.2, 0.25) is 0 Å². The van der Waals surface area contributed by atoms with E-state index in [-0.39, 0.29) is 0 Å². The summed E-state index contributed by atoms with van der Waals surface area (Å²) < 4.78 is 5.31. The lowest BCUT2D eigenvalue weighted by Crippen LogP contribution is -2.38. The maximum absolute atomic E-state index is 5.31. The van der Waals surface area contributed by atoms with Crippen molar-refractivity contribution in [2.75, 3.05) is 26.7 Å². The van der Waals surface area contributed by atoms with Crippen LogP contribution < -0.4 is 0 Å². The van der Waals surface area contributed by atoms with Crippen LogP contribution in [-0.2, 0) is 4.74 Å². The van der Waals surface area contributed by atoms with E-state index >= 15 is 0 Å². The van der Waals surface area contributed by atoms with Crippen LogP contribution in [0.15, 0.2) is 0 Å². The van der Waals surface area contributed by atoms with Crippen LogP contribution in [0, 0.1) is 0 Å². The number of morpholine rings is 1. The molecule has 8 heavy (non-hydrogen) atoms. The zero-order valence-corrected chi connectivity index (χ0v) is 5.55. The summed E-state index contributed by atoms with van der Waals surface area (Å²) in [5.74, 6) is 0. The van der Waals surface area contributed by atoms with Crippen molar-refractivity contribution >= 4 is 0 Å². The smallest absolute Gasteiger partial charge is 0.0674 e. The molecule has 2 nitrogen and oxygen atoms in total. The Kier molecular flexibility index (Phi) is 1.86. The SMILES string of the molecule is C[C@H]1CN(C)CCO1. The van der Waals surface area contributed by atoms with Crippen molar-refractivity contribution in [2.45, 2.75) is 13.0 Å². The number of ether oxygens (including phenoxy) is 1. The highest BCUT2D eigenvalue weighted by Crippen LogP contribution is 1.99. The fraction of sp³-hybridized carbons (Fsp3) is 1.00. The van der Waals surface area contributed by atoms with Crippen molar-refractivity contribution in [3.8, 4) is 0 Å². The lowest BCUT2D eigenvalue weighted by atomic mass is 10.3. The third kappa shape index (κ3) is 1.46. The maximum Gasteiger partial charge on any atom is 0.0674 e. The quantitative estimate of drug-likeness (QED) is 0.451. The van der Waals surface area contributed by atoms with E-state index in [1.807, 2.05) is 0 Å². The van der Waals surface area contributed by atoms with Crippen LogP contribution in [-0.4, -0.2) is 37.7 Å². The van der Waals surface area contributed by atoms with Crippen LogP contribution >= 0.6 is 0 Å². The molecule has 2 heteroatoms. The summed E-state index contributed by atoms with van der Waals surface area (Å²) in [5.41, 5.74) is 0. The zero-order chi connectivity index (χ0) is 5.98. The van der Waals surface area contributed by atoms with Crippen molar-refractivity contribution in [2.24, 2.45) is 0 Å². The Bertz CT molecular complexity index is 66.9. The molecule has 0 aromatic rings.